The second-order valence-corrected chi connectivity index (χ2v) is 6.82. The van der Waals surface area contributed by atoms with Gasteiger partial charge in [-0.1, -0.05) is 5.16 Å². The standard InChI is InChI=1S/C14H19N5O3.ClH/c1-13(8-3-4-8)11(20)19(12(21)17-13)7-9-16-10(18-22-9)14(15)5-2-6-14;/h8H,2-7,15H2,1H3,(H,17,21);1H. The van der Waals surface area contributed by atoms with E-state index in [9.17, 15) is 9.59 Å². The third kappa shape index (κ3) is 2.40. The molecule has 3 N–H and O–H groups in total. The minimum absolute atomic E-state index is 0. The van der Waals surface area contributed by atoms with Gasteiger partial charge in [-0.25, -0.2) is 4.79 Å². The Morgan fingerprint density at radius 3 is 2.65 bits per heavy atom. The molecular formula is C14H20ClN5O3. The van der Waals surface area contributed by atoms with Crippen LogP contribution in [0.2, 0.25) is 0 Å². The molecule has 1 unspecified atom stereocenters. The number of halogens is 1. The molecule has 0 spiro atoms. The number of carbonyl (C=O) groups is 2. The highest BCUT2D eigenvalue weighted by Gasteiger charge is 2.56. The Labute approximate surface area is 139 Å². The van der Waals surface area contributed by atoms with Crippen molar-refractivity contribution in [3.63, 3.8) is 0 Å². The van der Waals surface area contributed by atoms with E-state index in [0.717, 1.165) is 37.0 Å². The van der Waals surface area contributed by atoms with Gasteiger partial charge in [0, 0.05) is 0 Å². The average molecular weight is 342 g/mol. The summed E-state index contributed by atoms with van der Waals surface area (Å²) in [5.41, 5.74) is 4.85. The molecule has 0 bridgehead atoms. The molecule has 1 saturated heterocycles. The van der Waals surface area contributed by atoms with Gasteiger partial charge in [-0.15, -0.1) is 12.4 Å². The number of hydrogen-bond donors (Lipinski definition) is 2. The molecule has 8 nitrogen and oxygen atoms in total. The van der Waals surface area contributed by atoms with E-state index in [0.29, 0.717) is 5.82 Å². The maximum Gasteiger partial charge on any atom is 0.325 e. The maximum atomic E-state index is 12.5. The lowest BCUT2D eigenvalue weighted by Gasteiger charge is -2.34. The van der Waals surface area contributed by atoms with Gasteiger partial charge >= 0.3 is 6.03 Å². The van der Waals surface area contributed by atoms with Gasteiger partial charge in [-0.3, -0.25) is 9.69 Å². The van der Waals surface area contributed by atoms with E-state index in [-0.39, 0.29) is 36.7 Å². The normalized spacial score (nSPS) is 29.0. The molecule has 3 amide bonds. The Balaban J connectivity index is 0.00000156. The molecule has 3 fully saturated rings. The van der Waals surface area contributed by atoms with E-state index in [1.165, 1.54) is 0 Å². The van der Waals surface area contributed by atoms with Crippen molar-refractivity contribution in [1.82, 2.24) is 20.4 Å². The Bertz CT molecular complexity index is 655. The van der Waals surface area contributed by atoms with Gasteiger partial charge in [0.15, 0.2) is 5.82 Å². The SMILES string of the molecule is CC1(C2CC2)NC(=O)N(Cc2nc(C3(N)CCC3)no2)C1=O.Cl. The van der Waals surface area contributed by atoms with Crippen molar-refractivity contribution in [3.05, 3.63) is 11.7 Å². The van der Waals surface area contributed by atoms with Gasteiger partial charge in [0.1, 0.15) is 12.1 Å². The van der Waals surface area contributed by atoms with Crippen LogP contribution in [0.25, 0.3) is 0 Å². The summed E-state index contributed by atoms with van der Waals surface area (Å²) in [7, 11) is 0. The first-order valence-electron chi connectivity index (χ1n) is 7.68. The fourth-order valence-electron chi connectivity index (χ4n) is 3.23. The summed E-state index contributed by atoms with van der Waals surface area (Å²) in [6.45, 7) is 1.78. The molecule has 0 radical (unpaired) electrons. The van der Waals surface area contributed by atoms with Gasteiger partial charge in [0.2, 0.25) is 5.89 Å². The van der Waals surface area contributed by atoms with Crippen LogP contribution in [0.3, 0.4) is 0 Å². The van der Waals surface area contributed by atoms with Crippen LogP contribution >= 0.6 is 12.4 Å². The number of hydrogen-bond acceptors (Lipinski definition) is 6. The summed E-state index contributed by atoms with van der Waals surface area (Å²) in [6.07, 6.45) is 4.64. The number of nitrogens with zero attached hydrogens (tertiary/aromatic N) is 3. The van der Waals surface area contributed by atoms with Crippen molar-refractivity contribution in [2.24, 2.45) is 11.7 Å². The van der Waals surface area contributed by atoms with Crippen molar-refractivity contribution in [2.45, 2.75) is 56.7 Å². The van der Waals surface area contributed by atoms with Gasteiger partial charge < -0.3 is 15.6 Å². The third-order valence-electron chi connectivity index (χ3n) is 5.15. The van der Waals surface area contributed by atoms with E-state index in [4.69, 9.17) is 10.3 Å². The van der Waals surface area contributed by atoms with Crippen molar-refractivity contribution in [1.29, 1.82) is 0 Å². The first-order valence-corrected chi connectivity index (χ1v) is 7.68. The molecule has 9 heteroatoms. The lowest BCUT2D eigenvalue weighted by molar-refractivity contribution is -0.132. The number of imide groups is 1. The molecule has 2 saturated carbocycles. The topological polar surface area (TPSA) is 114 Å². The van der Waals surface area contributed by atoms with E-state index in [1.807, 2.05) is 0 Å². The third-order valence-corrected chi connectivity index (χ3v) is 5.15. The van der Waals surface area contributed by atoms with Crippen LogP contribution in [0.4, 0.5) is 4.79 Å². The number of rotatable bonds is 4. The van der Waals surface area contributed by atoms with Gasteiger partial charge in [-0.2, -0.15) is 4.98 Å². The summed E-state index contributed by atoms with van der Waals surface area (Å²) in [5.74, 6) is 0.723. The molecule has 23 heavy (non-hydrogen) atoms. The Hall–Kier alpha value is -1.67. The molecule has 126 valence electrons. The van der Waals surface area contributed by atoms with Crippen molar-refractivity contribution in [2.75, 3.05) is 0 Å². The fraction of sp³-hybridized carbons (Fsp3) is 0.714. The summed E-state index contributed by atoms with van der Waals surface area (Å²) < 4.78 is 5.17. The quantitative estimate of drug-likeness (QED) is 0.791. The smallest absolute Gasteiger partial charge is 0.325 e. The highest BCUT2D eigenvalue weighted by Crippen LogP contribution is 2.43. The lowest BCUT2D eigenvalue weighted by atomic mass is 9.77. The molecule has 3 aliphatic rings. The summed E-state index contributed by atoms with van der Waals surface area (Å²) in [6, 6.07) is -0.398. The van der Waals surface area contributed by atoms with Crippen LogP contribution < -0.4 is 11.1 Å². The highest BCUT2D eigenvalue weighted by atomic mass is 35.5. The van der Waals surface area contributed by atoms with Crippen LogP contribution in [0.5, 0.6) is 0 Å². The minimum Gasteiger partial charge on any atom is -0.337 e. The van der Waals surface area contributed by atoms with Crippen LogP contribution in [0.1, 0.15) is 50.7 Å². The molecule has 0 aromatic carbocycles. The maximum absolute atomic E-state index is 12.5. The van der Waals surface area contributed by atoms with Crippen LogP contribution in [-0.2, 0) is 16.9 Å². The fourth-order valence-corrected chi connectivity index (χ4v) is 3.23. The number of amides is 3. The molecule has 1 atom stereocenters. The monoisotopic (exact) mass is 341 g/mol. The molecule has 1 aromatic rings. The van der Waals surface area contributed by atoms with Gasteiger partial charge in [0.05, 0.1) is 5.54 Å². The summed E-state index contributed by atoms with van der Waals surface area (Å²) in [4.78, 5) is 30.0. The molecule has 1 aromatic heterocycles. The predicted molar refractivity (Wildman–Crippen MR) is 81.5 cm³/mol. The molecule has 1 aliphatic heterocycles. The van der Waals surface area contributed by atoms with E-state index in [2.05, 4.69) is 15.5 Å². The average Bonchev–Trinajstić information content (AvgIpc) is 3.17. The van der Waals surface area contributed by atoms with E-state index >= 15 is 0 Å². The molecular weight excluding hydrogens is 322 g/mol. The molecule has 2 heterocycles. The Morgan fingerprint density at radius 1 is 1.39 bits per heavy atom. The second kappa shape index (κ2) is 5.17. The number of carbonyl (C=O) groups excluding carboxylic acids is 2. The number of nitrogens with two attached hydrogens (primary N) is 1. The van der Waals surface area contributed by atoms with Crippen molar-refractivity contribution in [3.8, 4) is 0 Å². The first-order chi connectivity index (χ1) is 10.4. The zero-order chi connectivity index (χ0) is 15.5. The molecule has 4 rings (SSSR count). The first kappa shape index (κ1) is 16.2. The predicted octanol–water partition coefficient (Wildman–Crippen LogP) is 1.05. The van der Waals surface area contributed by atoms with Crippen LogP contribution in [-0.4, -0.2) is 32.5 Å². The van der Waals surface area contributed by atoms with E-state index < -0.39 is 17.1 Å². The molecule has 2 aliphatic carbocycles. The van der Waals surface area contributed by atoms with E-state index in [1.54, 1.807) is 6.92 Å². The zero-order valence-corrected chi connectivity index (χ0v) is 13.7. The Morgan fingerprint density at radius 2 is 2.09 bits per heavy atom. The Kier molecular flexibility index (Phi) is 3.64. The number of aromatic nitrogens is 2. The van der Waals surface area contributed by atoms with Gasteiger partial charge in [0.25, 0.3) is 5.91 Å². The van der Waals surface area contributed by atoms with Crippen LogP contribution in [0.15, 0.2) is 4.52 Å². The van der Waals surface area contributed by atoms with Gasteiger partial charge in [-0.05, 0) is 44.9 Å². The number of nitrogens with one attached hydrogen (secondary N) is 1. The van der Waals surface area contributed by atoms with Crippen molar-refractivity contribution < 1.29 is 14.1 Å². The van der Waals surface area contributed by atoms with Crippen molar-refractivity contribution >= 4 is 24.3 Å². The largest absolute Gasteiger partial charge is 0.337 e. The second-order valence-electron chi connectivity index (χ2n) is 6.82. The number of urea groups is 1. The zero-order valence-electron chi connectivity index (χ0n) is 12.9. The lowest BCUT2D eigenvalue weighted by Crippen LogP contribution is -2.46. The summed E-state index contributed by atoms with van der Waals surface area (Å²) in [5, 5.41) is 6.70. The van der Waals surface area contributed by atoms with Crippen LogP contribution in [0, 0.1) is 5.92 Å². The minimum atomic E-state index is -0.789. The highest BCUT2D eigenvalue weighted by molar-refractivity contribution is 6.07. The summed E-state index contributed by atoms with van der Waals surface area (Å²) >= 11 is 0.